The number of nitrogens with one attached hydrogen (secondary N) is 2. The predicted octanol–water partition coefficient (Wildman–Crippen LogP) is 4.71. The number of fused-ring (bicyclic) bond motifs is 5. The topological polar surface area (TPSA) is 113 Å². The summed E-state index contributed by atoms with van der Waals surface area (Å²) in [5.41, 5.74) is 4.76. The van der Waals surface area contributed by atoms with E-state index in [-0.39, 0.29) is 27.9 Å². The van der Waals surface area contributed by atoms with Crippen LogP contribution < -0.4 is 14.8 Å². The van der Waals surface area contributed by atoms with Gasteiger partial charge in [-0.1, -0.05) is 18.2 Å². The zero-order valence-corrected chi connectivity index (χ0v) is 22.8. The molecule has 2 N–H and O–H groups in total. The van der Waals surface area contributed by atoms with Gasteiger partial charge in [-0.2, -0.15) is 0 Å². The molecule has 0 radical (unpaired) electrons. The van der Waals surface area contributed by atoms with Crippen LogP contribution in [0.2, 0.25) is 0 Å². The molecule has 3 aromatic rings. The van der Waals surface area contributed by atoms with Crippen molar-refractivity contribution in [1.29, 1.82) is 0 Å². The highest BCUT2D eigenvalue weighted by atomic mass is 32.2. The van der Waals surface area contributed by atoms with Crippen molar-refractivity contribution in [3.05, 3.63) is 71.9 Å². The van der Waals surface area contributed by atoms with Crippen LogP contribution in [0.15, 0.2) is 70.7 Å². The molecular formula is C29H31N5O4S. The second-order valence-electron chi connectivity index (χ2n) is 9.62. The molecule has 6 rings (SSSR count). The van der Waals surface area contributed by atoms with Crippen molar-refractivity contribution < 1.29 is 17.9 Å². The van der Waals surface area contributed by atoms with E-state index in [1.54, 1.807) is 24.4 Å². The van der Waals surface area contributed by atoms with Crippen molar-refractivity contribution in [2.75, 3.05) is 31.5 Å². The quantitative estimate of drug-likeness (QED) is 0.451. The Morgan fingerprint density at radius 3 is 2.62 bits per heavy atom. The zero-order chi connectivity index (χ0) is 27.6. The maximum absolute atomic E-state index is 13.4. The maximum Gasteiger partial charge on any atom is 0.262 e. The number of methoxy groups -OCH3 is 1. The Morgan fingerprint density at radius 2 is 1.90 bits per heavy atom. The van der Waals surface area contributed by atoms with Crippen LogP contribution in [0.3, 0.4) is 0 Å². The molecule has 1 fully saturated rings. The van der Waals surface area contributed by atoms with Gasteiger partial charge in [0.1, 0.15) is 5.69 Å². The van der Waals surface area contributed by atoms with Crippen LogP contribution in [-0.4, -0.2) is 57.7 Å². The Morgan fingerprint density at radius 1 is 1.10 bits per heavy atom. The highest BCUT2D eigenvalue weighted by molar-refractivity contribution is 7.92. The summed E-state index contributed by atoms with van der Waals surface area (Å²) in [6.07, 6.45) is 5.55. The summed E-state index contributed by atoms with van der Waals surface area (Å²) in [4.78, 5) is 23.9. The molecule has 8 bridgehead atoms. The van der Waals surface area contributed by atoms with Gasteiger partial charge in [0.15, 0.2) is 0 Å². The Labute approximate surface area is 228 Å². The minimum absolute atomic E-state index is 0.0322. The summed E-state index contributed by atoms with van der Waals surface area (Å²) >= 11 is 0. The number of carbonyl (C=O) groups is 1. The van der Waals surface area contributed by atoms with E-state index in [0.29, 0.717) is 18.0 Å². The van der Waals surface area contributed by atoms with Gasteiger partial charge in [0, 0.05) is 48.2 Å². The average Bonchev–Trinajstić information content (AvgIpc) is 2.96. The summed E-state index contributed by atoms with van der Waals surface area (Å²) in [5.74, 6) is 0.145. The smallest absolute Gasteiger partial charge is 0.262 e. The van der Waals surface area contributed by atoms with Gasteiger partial charge in [0.2, 0.25) is 5.88 Å². The number of allylic oxidation sites excluding steroid dienone is 1. The van der Waals surface area contributed by atoms with E-state index in [9.17, 15) is 13.2 Å². The van der Waals surface area contributed by atoms with E-state index < -0.39 is 10.0 Å². The third-order valence-corrected chi connectivity index (χ3v) is 8.61. The van der Waals surface area contributed by atoms with Gasteiger partial charge < -0.3 is 15.0 Å². The van der Waals surface area contributed by atoms with Crippen molar-refractivity contribution >= 4 is 39.7 Å². The Hall–Kier alpha value is -4.18. The third kappa shape index (κ3) is 5.37. The summed E-state index contributed by atoms with van der Waals surface area (Å²) in [7, 11) is -2.62. The fraction of sp³-hybridized carbons (Fsp3) is 0.276. The lowest BCUT2D eigenvalue weighted by Crippen LogP contribution is -2.38. The molecule has 39 heavy (non-hydrogen) atoms. The molecule has 0 saturated carbocycles. The lowest BCUT2D eigenvalue weighted by molar-refractivity contribution is 0.0940. The van der Waals surface area contributed by atoms with E-state index in [1.807, 2.05) is 25.1 Å². The summed E-state index contributed by atoms with van der Waals surface area (Å²) in [6, 6.07) is 13.5. The van der Waals surface area contributed by atoms with E-state index in [0.717, 1.165) is 48.4 Å². The van der Waals surface area contributed by atoms with Crippen LogP contribution in [-0.2, 0) is 10.0 Å². The van der Waals surface area contributed by atoms with E-state index in [2.05, 4.69) is 37.7 Å². The standard InChI is InChI=1S/C29H31N5O4S/c1-4-27-24-15-20(8-9-25(24)30-2)22-16-26(29(38-3)32-18-22)33-39(36,37)23-7-5-6-21(14-23)28(35)31-17-19-10-12-34(27)13-11-19/h4-9,14-16,18-19,33H,2,10-13,17H2,1,3H3,(H,31,35)/b27-4+. The number of hydrogen-bond donors (Lipinski definition) is 2. The first-order chi connectivity index (χ1) is 18.8. The molecule has 0 aliphatic carbocycles. The molecule has 1 aromatic heterocycles. The Balaban J connectivity index is 1.66. The van der Waals surface area contributed by atoms with Crippen molar-refractivity contribution in [2.45, 2.75) is 24.7 Å². The lowest BCUT2D eigenvalue weighted by atomic mass is 9.94. The maximum atomic E-state index is 13.4. The van der Waals surface area contributed by atoms with Gasteiger partial charge in [0.25, 0.3) is 15.9 Å². The second kappa shape index (κ2) is 10.9. The predicted molar refractivity (Wildman–Crippen MR) is 153 cm³/mol. The number of pyridine rings is 1. The van der Waals surface area contributed by atoms with E-state index in [4.69, 9.17) is 4.74 Å². The number of benzene rings is 2. The molecule has 3 aliphatic heterocycles. The first-order valence-corrected chi connectivity index (χ1v) is 14.3. The average molecular weight is 546 g/mol. The first kappa shape index (κ1) is 26.4. The van der Waals surface area contributed by atoms with E-state index >= 15 is 0 Å². The monoisotopic (exact) mass is 545 g/mol. The molecule has 2 aromatic carbocycles. The second-order valence-corrected chi connectivity index (χ2v) is 11.3. The van der Waals surface area contributed by atoms with Gasteiger partial charge >= 0.3 is 0 Å². The Bertz CT molecular complexity index is 1560. The molecule has 10 heteroatoms. The fourth-order valence-electron chi connectivity index (χ4n) is 5.14. The fourth-order valence-corrected chi connectivity index (χ4v) is 6.23. The molecule has 4 heterocycles. The molecule has 0 unspecified atom stereocenters. The van der Waals surface area contributed by atoms with Crippen LogP contribution in [0.5, 0.6) is 5.88 Å². The third-order valence-electron chi connectivity index (χ3n) is 7.25. The van der Waals surface area contributed by atoms with Crippen LogP contribution >= 0.6 is 0 Å². The summed E-state index contributed by atoms with van der Waals surface area (Å²) < 4.78 is 34.7. The van der Waals surface area contributed by atoms with Gasteiger partial charge in [-0.15, -0.1) is 0 Å². The SMILES string of the molecule is C=Nc1ccc2cc1/C(=C\C)N1CCC(CC1)CNC(=O)c1cccc(c1)S(=O)(=O)Nc1cc-2cnc1OC. The van der Waals surface area contributed by atoms with Crippen LogP contribution in [0.25, 0.3) is 16.8 Å². The molecule has 0 spiro atoms. The zero-order valence-electron chi connectivity index (χ0n) is 22.0. The molecule has 1 amide bonds. The number of nitrogens with zero attached hydrogens (tertiary/aromatic N) is 3. The van der Waals surface area contributed by atoms with Gasteiger partial charge in [0.05, 0.1) is 17.7 Å². The molecule has 9 nitrogen and oxygen atoms in total. The van der Waals surface area contributed by atoms with Gasteiger partial charge in [-0.3, -0.25) is 14.5 Å². The van der Waals surface area contributed by atoms with Gasteiger partial charge in [-0.05, 0) is 74.4 Å². The first-order valence-electron chi connectivity index (χ1n) is 12.8. The number of piperidine rings is 1. The van der Waals surface area contributed by atoms with E-state index in [1.165, 1.54) is 19.2 Å². The number of sulfonamides is 1. The largest absolute Gasteiger partial charge is 0.480 e. The molecular weight excluding hydrogens is 514 g/mol. The molecule has 1 saturated heterocycles. The van der Waals surface area contributed by atoms with Crippen LogP contribution in [0, 0.1) is 5.92 Å². The van der Waals surface area contributed by atoms with Crippen LogP contribution in [0.4, 0.5) is 11.4 Å². The minimum Gasteiger partial charge on any atom is -0.480 e. The normalized spacial score (nSPS) is 18.4. The molecule has 202 valence electrons. The molecule has 0 atom stereocenters. The van der Waals surface area contributed by atoms with Crippen molar-refractivity contribution in [3.8, 4) is 17.0 Å². The summed E-state index contributed by atoms with van der Waals surface area (Å²) in [6.45, 7) is 7.98. The van der Waals surface area contributed by atoms with Crippen molar-refractivity contribution in [1.82, 2.24) is 15.2 Å². The van der Waals surface area contributed by atoms with Crippen LogP contribution in [0.1, 0.15) is 35.7 Å². The number of ether oxygens (including phenoxy) is 1. The van der Waals surface area contributed by atoms with Crippen molar-refractivity contribution in [3.63, 3.8) is 0 Å². The number of carbonyl (C=O) groups excluding carboxylic acids is 1. The number of rotatable bonds is 2. The lowest BCUT2D eigenvalue weighted by Gasteiger charge is -2.35. The number of anilines is 1. The Kier molecular flexibility index (Phi) is 7.38. The molecule has 3 aliphatic rings. The number of aromatic nitrogens is 1. The highest BCUT2D eigenvalue weighted by Gasteiger charge is 2.25. The number of aliphatic imine (C=N–C) groups is 1. The number of hydrogen-bond acceptors (Lipinski definition) is 7. The number of amides is 1. The summed E-state index contributed by atoms with van der Waals surface area (Å²) in [5, 5.41) is 2.99. The highest BCUT2D eigenvalue weighted by Crippen LogP contribution is 2.37. The van der Waals surface area contributed by atoms with Crippen molar-refractivity contribution in [2.24, 2.45) is 10.9 Å². The van der Waals surface area contributed by atoms with Gasteiger partial charge in [-0.25, -0.2) is 13.4 Å². The minimum atomic E-state index is -4.05.